The Kier molecular flexibility index (Phi) is 6.24. The molecule has 1 aromatic carbocycles. The molecule has 21 heavy (non-hydrogen) atoms. The van der Waals surface area contributed by atoms with Gasteiger partial charge in [-0.25, -0.2) is 0 Å². The van der Waals surface area contributed by atoms with E-state index in [0.717, 1.165) is 26.1 Å². The molecule has 0 spiro atoms. The second kappa shape index (κ2) is 8.18. The molecule has 0 aromatic heterocycles. The summed E-state index contributed by atoms with van der Waals surface area (Å²) in [5.74, 6) is 0.285. The molecule has 1 aromatic rings. The van der Waals surface area contributed by atoms with Crippen LogP contribution in [0.15, 0.2) is 24.3 Å². The summed E-state index contributed by atoms with van der Waals surface area (Å²) in [5, 5.41) is 3.53. The predicted octanol–water partition coefficient (Wildman–Crippen LogP) is 2.92. The molecule has 0 bridgehead atoms. The van der Waals surface area contributed by atoms with Gasteiger partial charge >= 0.3 is 0 Å². The zero-order valence-corrected chi connectivity index (χ0v) is 13.4. The molecule has 1 aliphatic rings. The third kappa shape index (κ3) is 4.85. The van der Waals surface area contributed by atoms with E-state index in [4.69, 9.17) is 0 Å². The van der Waals surface area contributed by atoms with Crippen molar-refractivity contribution in [1.29, 1.82) is 0 Å². The highest BCUT2D eigenvalue weighted by molar-refractivity contribution is 5.76. The van der Waals surface area contributed by atoms with Crippen molar-refractivity contribution in [2.45, 2.75) is 52.0 Å². The third-order valence-corrected chi connectivity index (χ3v) is 4.46. The van der Waals surface area contributed by atoms with E-state index in [9.17, 15) is 4.79 Å². The Balaban J connectivity index is 1.83. The number of likely N-dealkylation sites (N-methyl/N-ethyl adjacent to an activating group) is 1. The van der Waals surface area contributed by atoms with Gasteiger partial charge in [0.2, 0.25) is 5.91 Å². The number of benzene rings is 1. The molecular formula is C18H28N2O. The zero-order valence-electron chi connectivity index (χ0n) is 13.4. The van der Waals surface area contributed by atoms with Gasteiger partial charge in [-0.05, 0) is 50.8 Å². The molecule has 2 rings (SSSR count). The van der Waals surface area contributed by atoms with Crippen LogP contribution < -0.4 is 5.32 Å². The van der Waals surface area contributed by atoms with Crippen LogP contribution in [-0.2, 0) is 11.2 Å². The highest BCUT2D eigenvalue weighted by atomic mass is 16.2. The maximum Gasteiger partial charge on any atom is 0.222 e. The van der Waals surface area contributed by atoms with E-state index in [-0.39, 0.29) is 5.91 Å². The van der Waals surface area contributed by atoms with Crippen LogP contribution in [0.2, 0.25) is 0 Å². The van der Waals surface area contributed by atoms with Gasteiger partial charge in [-0.3, -0.25) is 4.79 Å². The van der Waals surface area contributed by atoms with Crippen LogP contribution in [0.1, 0.15) is 43.7 Å². The molecule has 1 fully saturated rings. The summed E-state index contributed by atoms with van der Waals surface area (Å²) in [6.45, 7) is 6.96. The molecular weight excluding hydrogens is 260 g/mol. The van der Waals surface area contributed by atoms with Crippen molar-refractivity contribution in [3.8, 4) is 0 Å². The number of aryl methyl sites for hydroxylation is 2. The van der Waals surface area contributed by atoms with E-state index in [2.05, 4.69) is 37.4 Å². The van der Waals surface area contributed by atoms with Crippen LogP contribution in [0.3, 0.4) is 0 Å². The number of hydrogen-bond acceptors (Lipinski definition) is 2. The molecule has 0 aliphatic carbocycles. The largest absolute Gasteiger partial charge is 0.341 e. The van der Waals surface area contributed by atoms with Gasteiger partial charge < -0.3 is 10.2 Å². The van der Waals surface area contributed by atoms with Gasteiger partial charge in [0.05, 0.1) is 0 Å². The van der Waals surface area contributed by atoms with Crippen LogP contribution in [0, 0.1) is 6.92 Å². The Hall–Kier alpha value is -1.35. The quantitative estimate of drug-likeness (QED) is 0.873. The van der Waals surface area contributed by atoms with Gasteiger partial charge in [0.15, 0.2) is 0 Å². The van der Waals surface area contributed by atoms with Crippen LogP contribution in [0.4, 0.5) is 0 Å². The number of nitrogens with zero attached hydrogens (tertiary/aromatic N) is 1. The second-order valence-corrected chi connectivity index (χ2v) is 6.01. The lowest BCUT2D eigenvalue weighted by atomic mass is 10.0. The fourth-order valence-electron chi connectivity index (χ4n) is 3.04. The summed E-state index contributed by atoms with van der Waals surface area (Å²) in [6.07, 6.45) is 5.21. The molecule has 0 radical (unpaired) electrons. The molecule has 1 aliphatic heterocycles. The smallest absolute Gasteiger partial charge is 0.222 e. The van der Waals surface area contributed by atoms with Crippen molar-refractivity contribution in [3.63, 3.8) is 0 Å². The van der Waals surface area contributed by atoms with Crippen LogP contribution >= 0.6 is 0 Å². The molecule has 0 saturated carbocycles. The lowest BCUT2D eigenvalue weighted by Gasteiger charge is -2.30. The third-order valence-electron chi connectivity index (χ3n) is 4.46. The van der Waals surface area contributed by atoms with Crippen molar-refractivity contribution in [2.24, 2.45) is 0 Å². The lowest BCUT2D eigenvalue weighted by Crippen LogP contribution is -2.45. The Morgan fingerprint density at radius 1 is 1.33 bits per heavy atom. The van der Waals surface area contributed by atoms with Crippen LogP contribution in [0.25, 0.3) is 0 Å². The topological polar surface area (TPSA) is 32.3 Å². The number of hydrogen-bond donors (Lipinski definition) is 1. The minimum atomic E-state index is 0.285. The van der Waals surface area contributed by atoms with Gasteiger partial charge in [-0.1, -0.05) is 30.7 Å². The first-order valence-electron chi connectivity index (χ1n) is 8.26. The number of piperidine rings is 1. The maximum absolute atomic E-state index is 12.4. The maximum atomic E-state index is 12.4. The summed E-state index contributed by atoms with van der Waals surface area (Å²) in [6, 6.07) is 8.83. The summed E-state index contributed by atoms with van der Waals surface area (Å²) in [4.78, 5) is 14.4. The Bertz CT molecular complexity index is 452. The highest BCUT2D eigenvalue weighted by Gasteiger charge is 2.19. The van der Waals surface area contributed by atoms with E-state index in [0.29, 0.717) is 12.5 Å². The fraction of sp³-hybridized carbons (Fsp3) is 0.611. The molecule has 1 N–H and O–H groups in total. The van der Waals surface area contributed by atoms with Crippen molar-refractivity contribution in [3.05, 3.63) is 35.4 Å². The summed E-state index contributed by atoms with van der Waals surface area (Å²) < 4.78 is 0. The van der Waals surface area contributed by atoms with Crippen molar-refractivity contribution in [1.82, 2.24) is 10.2 Å². The van der Waals surface area contributed by atoms with Gasteiger partial charge in [0.25, 0.3) is 0 Å². The molecule has 1 heterocycles. The number of nitrogens with one attached hydrogen (secondary N) is 1. The Morgan fingerprint density at radius 3 is 2.81 bits per heavy atom. The van der Waals surface area contributed by atoms with Gasteiger partial charge in [0, 0.05) is 25.6 Å². The zero-order chi connectivity index (χ0) is 15.1. The molecule has 1 atom stereocenters. The van der Waals surface area contributed by atoms with Crippen molar-refractivity contribution < 1.29 is 4.79 Å². The molecule has 3 heteroatoms. The summed E-state index contributed by atoms with van der Waals surface area (Å²) >= 11 is 0. The monoisotopic (exact) mass is 288 g/mol. The first-order valence-corrected chi connectivity index (χ1v) is 8.26. The van der Waals surface area contributed by atoms with E-state index < -0.39 is 0 Å². The molecule has 1 amide bonds. The summed E-state index contributed by atoms with van der Waals surface area (Å²) in [7, 11) is 0. The Labute approximate surface area is 128 Å². The van der Waals surface area contributed by atoms with Gasteiger partial charge in [0.1, 0.15) is 0 Å². The highest BCUT2D eigenvalue weighted by Crippen LogP contribution is 2.12. The predicted molar refractivity (Wildman–Crippen MR) is 87.4 cm³/mol. The molecule has 1 unspecified atom stereocenters. The molecule has 3 nitrogen and oxygen atoms in total. The number of carbonyl (C=O) groups excluding carboxylic acids is 1. The number of amides is 1. The van der Waals surface area contributed by atoms with E-state index in [1.54, 1.807) is 0 Å². The van der Waals surface area contributed by atoms with E-state index >= 15 is 0 Å². The first kappa shape index (κ1) is 16.0. The number of rotatable bonds is 6. The standard InChI is InChI=1S/C18H28N2O/c1-3-20(14-17-10-6-7-13-19-17)18(21)12-11-16-9-5-4-8-15(16)2/h4-5,8-9,17,19H,3,6-7,10-14H2,1-2H3. The van der Waals surface area contributed by atoms with Crippen molar-refractivity contribution >= 4 is 5.91 Å². The fourth-order valence-corrected chi connectivity index (χ4v) is 3.04. The van der Waals surface area contributed by atoms with Gasteiger partial charge in [-0.15, -0.1) is 0 Å². The minimum Gasteiger partial charge on any atom is -0.341 e. The number of carbonyl (C=O) groups is 1. The van der Waals surface area contributed by atoms with Crippen LogP contribution in [-0.4, -0.2) is 36.5 Å². The Morgan fingerprint density at radius 2 is 2.14 bits per heavy atom. The molecule has 116 valence electrons. The lowest BCUT2D eigenvalue weighted by molar-refractivity contribution is -0.131. The average molecular weight is 288 g/mol. The second-order valence-electron chi connectivity index (χ2n) is 6.01. The van der Waals surface area contributed by atoms with Gasteiger partial charge in [-0.2, -0.15) is 0 Å². The summed E-state index contributed by atoms with van der Waals surface area (Å²) in [5.41, 5.74) is 2.57. The SMILES string of the molecule is CCN(CC1CCCCN1)C(=O)CCc1ccccc1C. The molecule has 1 saturated heterocycles. The van der Waals surface area contributed by atoms with Crippen molar-refractivity contribution in [2.75, 3.05) is 19.6 Å². The van der Waals surface area contributed by atoms with E-state index in [1.807, 2.05) is 11.0 Å². The minimum absolute atomic E-state index is 0.285. The van der Waals surface area contributed by atoms with Crippen LogP contribution in [0.5, 0.6) is 0 Å². The average Bonchev–Trinajstić information content (AvgIpc) is 2.52. The van der Waals surface area contributed by atoms with E-state index in [1.165, 1.54) is 30.4 Å². The normalized spacial score (nSPS) is 18.5. The first-order chi connectivity index (χ1) is 10.2.